The first kappa shape index (κ1) is 21.6. The molecule has 0 spiro atoms. The van der Waals surface area contributed by atoms with Gasteiger partial charge in [-0.25, -0.2) is 0 Å². The molecule has 34 heavy (non-hydrogen) atoms. The van der Waals surface area contributed by atoms with E-state index >= 15 is 0 Å². The Morgan fingerprint density at radius 2 is 1.38 bits per heavy atom. The topological polar surface area (TPSA) is 57.0 Å². The first-order valence-electron chi connectivity index (χ1n) is 11.4. The van der Waals surface area contributed by atoms with Crippen molar-refractivity contribution in [3.63, 3.8) is 0 Å². The molecule has 1 heterocycles. The van der Waals surface area contributed by atoms with Gasteiger partial charge >= 0.3 is 0 Å². The van der Waals surface area contributed by atoms with E-state index in [-0.39, 0.29) is 5.78 Å². The van der Waals surface area contributed by atoms with Gasteiger partial charge in [0.2, 0.25) is 5.78 Å². The Labute approximate surface area is 198 Å². The van der Waals surface area contributed by atoms with Crippen LogP contribution in [0.25, 0.3) is 11.0 Å². The Morgan fingerprint density at radius 3 is 2.12 bits per heavy atom. The molecule has 5 rings (SSSR count). The maximum atomic E-state index is 14.2. The molecule has 0 aliphatic rings. The lowest BCUT2D eigenvalue weighted by Gasteiger charge is -2.33. The molecule has 5 heteroatoms. The molecule has 1 unspecified atom stereocenters. The molecule has 5 aromatic rings. The van der Waals surface area contributed by atoms with E-state index in [9.17, 15) is 4.79 Å². The quantitative estimate of drug-likeness (QED) is 0.257. The van der Waals surface area contributed by atoms with Crippen LogP contribution >= 0.6 is 0 Å². The van der Waals surface area contributed by atoms with Gasteiger partial charge in [-0.1, -0.05) is 96.2 Å². The number of aromatic nitrogens is 3. The summed E-state index contributed by atoms with van der Waals surface area (Å²) in [4.78, 5) is 14.2. The lowest BCUT2D eigenvalue weighted by Crippen LogP contribution is -2.48. The molecule has 0 radical (unpaired) electrons. The van der Waals surface area contributed by atoms with Gasteiger partial charge in [-0.3, -0.25) is 4.79 Å². The first-order chi connectivity index (χ1) is 16.8. The number of Topliss-reactive ketones (excluding diaryl/α,β-unsaturated/α-hetero) is 1. The van der Waals surface area contributed by atoms with Crippen LogP contribution in [0.1, 0.15) is 28.8 Å². The number of para-hydroxylation sites is 2. The smallest absolute Gasteiger partial charge is 0.267 e. The second-order valence-corrected chi connectivity index (χ2v) is 8.22. The van der Waals surface area contributed by atoms with Gasteiger partial charge in [-0.05, 0) is 42.7 Å². The molecule has 0 saturated heterocycles. The fraction of sp³-hybridized carbons (Fsp3) is 0.138. The Balaban J connectivity index is 1.63. The lowest BCUT2D eigenvalue weighted by atomic mass is 9.93. The van der Waals surface area contributed by atoms with Gasteiger partial charge in [-0.2, -0.15) is 4.68 Å². The van der Waals surface area contributed by atoms with Crippen LogP contribution in [0.2, 0.25) is 0 Å². The Morgan fingerprint density at radius 1 is 0.765 bits per heavy atom. The minimum absolute atomic E-state index is 0.152. The van der Waals surface area contributed by atoms with E-state index in [0.717, 1.165) is 18.4 Å². The summed E-state index contributed by atoms with van der Waals surface area (Å²) in [6, 6.07) is 36.6. The zero-order chi connectivity index (χ0) is 23.2. The van der Waals surface area contributed by atoms with Crippen LogP contribution < -0.4 is 4.74 Å². The molecule has 0 bridgehead atoms. The highest BCUT2D eigenvalue weighted by molar-refractivity contribution is 6.01. The van der Waals surface area contributed by atoms with Crippen molar-refractivity contribution in [1.82, 2.24) is 15.0 Å². The van der Waals surface area contributed by atoms with Crippen molar-refractivity contribution >= 4 is 16.8 Å². The number of ketones is 1. The van der Waals surface area contributed by atoms with Crippen molar-refractivity contribution in [3.05, 3.63) is 126 Å². The summed E-state index contributed by atoms with van der Waals surface area (Å²) in [6.45, 7) is 0. The molecule has 0 fully saturated rings. The zero-order valence-corrected chi connectivity index (χ0v) is 18.7. The summed E-state index contributed by atoms with van der Waals surface area (Å²) in [5.74, 6) is 0.451. The van der Waals surface area contributed by atoms with E-state index < -0.39 is 5.72 Å². The van der Waals surface area contributed by atoms with Crippen LogP contribution in [0, 0.1) is 0 Å². The average molecular weight is 448 g/mol. The maximum absolute atomic E-state index is 14.2. The van der Waals surface area contributed by atoms with E-state index in [4.69, 9.17) is 4.74 Å². The number of carbonyl (C=O) groups excluding carboxylic acids is 1. The number of nitrogens with zero attached hydrogens (tertiary/aromatic N) is 3. The number of ether oxygens (including phenoxy) is 1. The second kappa shape index (κ2) is 9.71. The third kappa shape index (κ3) is 4.33. The highest BCUT2D eigenvalue weighted by Gasteiger charge is 2.45. The van der Waals surface area contributed by atoms with Crippen molar-refractivity contribution in [2.24, 2.45) is 0 Å². The largest absolute Gasteiger partial charge is 0.458 e. The van der Waals surface area contributed by atoms with Crippen LogP contribution in [0.5, 0.6) is 5.75 Å². The van der Waals surface area contributed by atoms with Crippen LogP contribution in [0.3, 0.4) is 0 Å². The summed E-state index contributed by atoms with van der Waals surface area (Å²) in [5, 5.41) is 8.81. The van der Waals surface area contributed by atoms with Gasteiger partial charge in [0, 0.05) is 12.0 Å². The molecule has 0 N–H and O–H groups in total. The van der Waals surface area contributed by atoms with Crippen molar-refractivity contribution in [1.29, 1.82) is 0 Å². The van der Waals surface area contributed by atoms with E-state index in [1.165, 1.54) is 5.56 Å². The fourth-order valence-corrected chi connectivity index (χ4v) is 4.27. The molecule has 168 valence electrons. The summed E-state index contributed by atoms with van der Waals surface area (Å²) >= 11 is 0. The van der Waals surface area contributed by atoms with Gasteiger partial charge in [0.25, 0.3) is 5.72 Å². The second-order valence-electron chi connectivity index (χ2n) is 8.22. The summed E-state index contributed by atoms with van der Waals surface area (Å²) in [7, 11) is 0. The van der Waals surface area contributed by atoms with Crippen molar-refractivity contribution in [2.45, 2.75) is 25.0 Å². The van der Waals surface area contributed by atoms with E-state index in [2.05, 4.69) is 22.4 Å². The Bertz CT molecular complexity index is 1370. The molecular weight excluding hydrogens is 422 g/mol. The monoisotopic (exact) mass is 447 g/mol. The number of benzene rings is 4. The third-order valence-corrected chi connectivity index (χ3v) is 5.94. The van der Waals surface area contributed by atoms with E-state index in [1.807, 2.05) is 103 Å². The Hall–Kier alpha value is -4.25. The molecule has 5 nitrogen and oxygen atoms in total. The Kier molecular flexibility index (Phi) is 6.17. The molecule has 0 aliphatic heterocycles. The average Bonchev–Trinajstić information content (AvgIpc) is 3.34. The number of rotatable bonds is 9. The fourth-order valence-electron chi connectivity index (χ4n) is 4.27. The summed E-state index contributed by atoms with van der Waals surface area (Å²) in [5.41, 5.74) is 1.85. The van der Waals surface area contributed by atoms with Gasteiger partial charge in [0.1, 0.15) is 11.3 Å². The predicted octanol–water partition coefficient (Wildman–Crippen LogP) is 6.07. The number of fused-ring (bicyclic) bond motifs is 1. The molecular formula is C29H25N3O2. The number of hydrogen-bond donors (Lipinski definition) is 0. The van der Waals surface area contributed by atoms with Crippen LogP contribution in [-0.2, 0) is 12.1 Å². The molecule has 0 saturated carbocycles. The normalized spacial score (nSPS) is 12.8. The van der Waals surface area contributed by atoms with E-state index in [1.54, 1.807) is 4.68 Å². The standard InChI is InChI=1S/C29H25N3O2/c33-28(24-16-6-2-7-17-24)29(34-25-18-8-3-9-19-25,22-12-15-23-13-4-1-5-14-23)32-27-21-11-10-20-26(27)30-31-32/h1-11,13-14,16-21H,12,15,22H2. The van der Waals surface area contributed by atoms with Crippen LogP contribution in [-0.4, -0.2) is 20.8 Å². The summed E-state index contributed by atoms with van der Waals surface area (Å²) < 4.78 is 8.28. The van der Waals surface area contributed by atoms with Gasteiger partial charge in [-0.15, -0.1) is 5.10 Å². The highest BCUT2D eigenvalue weighted by atomic mass is 16.5. The van der Waals surface area contributed by atoms with Gasteiger partial charge in [0.15, 0.2) is 0 Å². The third-order valence-electron chi connectivity index (χ3n) is 5.94. The first-order valence-corrected chi connectivity index (χ1v) is 11.4. The van der Waals surface area contributed by atoms with Crippen LogP contribution in [0.15, 0.2) is 115 Å². The molecule has 4 aromatic carbocycles. The minimum Gasteiger partial charge on any atom is -0.458 e. The van der Waals surface area contributed by atoms with Gasteiger partial charge < -0.3 is 4.74 Å². The number of carbonyl (C=O) groups is 1. The SMILES string of the molecule is O=C(c1ccccc1)C(CCCc1ccccc1)(Oc1ccccc1)n1nnc2ccccc21. The lowest BCUT2D eigenvalue weighted by molar-refractivity contribution is -0.00923. The number of aryl methyl sites for hydroxylation is 1. The molecule has 0 aliphatic carbocycles. The predicted molar refractivity (Wildman–Crippen MR) is 133 cm³/mol. The van der Waals surface area contributed by atoms with E-state index in [0.29, 0.717) is 23.3 Å². The van der Waals surface area contributed by atoms with Crippen molar-refractivity contribution in [3.8, 4) is 5.75 Å². The molecule has 1 aromatic heterocycles. The minimum atomic E-state index is -1.40. The molecule has 0 amide bonds. The summed E-state index contributed by atoms with van der Waals surface area (Å²) in [6.07, 6.45) is 1.97. The highest BCUT2D eigenvalue weighted by Crippen LogP contribution is 2.34. The maximum Gasteiger partial charge on any atom is 0.267 e. The molecule has 1 atom stereocenters. The van der Waals surface area contributed by atoms with Crippen LogP contribution in [0.4, 0.5) is 0 Å². The van der Waals surface area contributed by atoms with Gasteiger partial charge in [0.05, 0.1) is 5.52 Å². The zero-order valence-electron chi connectivity index (χ0n) is 18.7. The van der Waals surface area contributed by atoms with Crippen molar-refractivity contribution in [2.75, 3.05) is 0 Å². The number of hydrogen-bond acceptors (Lipinski definition) is 4. The van der Waals surface area contributed by atoms with Crippen molar-refractivity contribution < 1.29 is 9.53 Å².